The molecule has 2 rings (SSSR count). The third-order valence-electron chi connectivity index (χ3n) is 2.80. The summed E-state index contributed by atoms with van der Waals surface area (Å²) in [5, 5.41) is 0. The van der Waals surface area contributed by atoms with Crippen LogP contribution in [0.1, 0.15) is 34.3 Å². The van der Waals surface area contributed by atoms with Crippen molar-refractivity contribution < 1.29 is 4.74 Å². The van der Waals surface area contributed by atoms with Gasteiger partial charge >= 0.3 is 0 Å². The lowest BCUT2D eigenvalue weighted by molar-refractivity contribution is 0.0204. The van der Waals surface area contributed by atoms with E-state index >= 15 is 0 Å². The van der Waals surface area contributed by atoms with E-state index in [9.17, 15) is 0 Å². The van der Waals surface area contributed by atoms with Crippen LogP contribution < -0.4 is 0 Å². The Balaban J connectivity index is 2.18. The van der Waals surface area contributed by atoms with E-state index in [-0.39, 0.29) is 5.60 Å². The molecule has 1 aliphatic heterocycles. The average Bonchev–Trinajstić information content (AvgIpc) is 2.74. The third kappa shape index (κ3) is 1.90. The molecule has 0 aliphatic carbocycles. The minimum Gasteiger partial charge on any atom is -0.374 e. The van der Waals surface area contributed by atoms with Gasteiger partial charge in [0.05, 0.1) is 10.4 Å². The van der Waals surface area contributed by atoms with Crippen molar-refractivity contribution in [2.45, 2.75) is 37.1 Å². The van der Waals surface area contributed by atoms with Crippen LogP contribution >= 0.6 is 27.3 Å². The molecule has 0 aromatic carbocycles. The quantitative estimate of drug-likeness (QED) is 0.739. The van der Waals surface area contributed by atoms with Crippen molar-refractivity contribution in [1.82, 2.24) is 0 Å². The Morgan fingerprint density at radius 2 is 2.36 bits per heavy atom. The topological polar surface area (TPSA) is 9.23 Å². The standard InChI is InChI=1S/C11H15BrOS/c1-8-4-5-9(14-8)10(12)11(2)6-3-7-13-11/h4-5,10H,3,6-7H2,1-2H3. The number of rotatable bonds is 2. The summed E-state index contributed by atoms with van der Waals surface area (Å²) in [7, 11) is 0. The Hall–Kier alpha value is 0.140. The van der Waals surface area contributed by atoms with Crippen molar-refractivity contribution in [3.8, 4) is 0 Å². The van der Waals surface area contributed by atoms with Crippen molar-refractivity contribution in [1.29, 1.82) is 0 Å². The molecule has 1 aromatic rings. The molecule has 0 bridgehead atoms. The second kappa shape index (κ2) is 3.95. The Morgan fingerprint density at radius 3 is 2.86 bits per heavy atom. The van der Waals surface area contributed by atoms with Gasteiger partial charge in [-0.2, -0.15) is 0 Å². The highest BCUT2D eigenvalue weighted by molar-refractivity contribution is 9.09. The fourth-order valence-corrected chi connectivity index (χ4v) is 3.68. The number of hydrogen-bond donors (Lipinski definition) is 0. The fourth-order valence-electron chi connectivity index (χ4n) is 1.89. The number of hydrogen-bond acceptors (Lipinski definition) is 2. The maximum Gasteiger partial charge on any atom is 0.0828 e. The maximum atomic E-state index is 5.83. The number of alkyl halides is 1. The highest BCUT2D eigenvalue weighted by atomic mass is 79.9. The zero-order chi connectivity index (χ0) is 10.2. The Bertz CT molecular complexity index is 315. The van der Waals surface area contributed by atoms with Gasteiger partial charge in [-0.1, -0.05) is 15.9 Å². The molecule has 1 nitrogen and oxygen atoms in total. The van der Waals surface area contributed by atoms with Gasteiger partial charge in [0, 0.05) is 16.4 Å². The van der Waals surface area contributed by atoms with Crippen LogP contribution in [-0.4, -0.2) is 12.2 Å². The van der Waals surface area contributed by atoms with Gasteiger partial charge in [0.15, 0.2) is 0 Å². The SMILES string of the molecule is Cc1ccc(C(Br)C2(C)CCCO2)s1. The van der Waals surface area contributed by atoms with Gasteiger partial charge in [0.2, 0.25) is 0 Å². The van der Waals surface area contributed by atoms with Gasteiger partial charge in [-0.3, -0.25) is 0 Å². The van der Waals surface area contributed by atoms with Crippen LogP contribution in [0.15, 0.2) is 12.1 Å². The Kier molecular flexibility index (Phi) is 3.01. The first kappa shape index (κ1) is 10.7. The first-order valence-corrected chi connectivity index (χ1v) is 6.69. The second-order valence-electron chi connectivity index (χ2n) is 4.08. The third-order valence-corrected chi connectivity index (χ3v) is 5.63. The van der Waals surface area contributed by atoms with Crippen molar-refractivity contribution in [2.75, 3.05) is 6.61 Å². The molecule has 1 fully saturated rings. The largest absolute Gasteiger partial charge is 0.374 e. The van der Waals surface area contributed by atoms with Crippen molar-refractivity contribution in [2.24, 2.45) is 0 Å². The van der Waals surface area contributed by atoms with Gasteiger partial charge in [0.25, 0.3) is 0 Å². The molecule has 2 atom stereocenters. The second-order valence-corrected chi connectivity index (χ2v) is 6.31. The molecular formula is C11H15BrOS. The van der Waals surface area contributed by atoms with Gasteiger partial charge in [-0.05, 0) is 38.8 Å². The lowest BCUT2D eigenvalue weighted by Crippen LogP contribution is -2.27. The molecule has 78 valence electrons. The van der Waals surface area contributed by atoms with Crippen LogP contribution in [0.4, 0.5) is 0 Å². The lowest BCUT2D eigenvalue weighted by atomic mass is 9.98. The Morgan fingerprint density at radius 1 is 1.57 bits per heavy atom. The smallest absolute Gasteiger partial charge is 0.0828 e. The Labute approximate surface area is 97.6 Å². The molecule has 14 heavy (non-hydrogen) atoms. The number of halogens is 1. The molecule has 0 amide bonds. The monoisotopic (exact) mass is 274 g/mol. The molecule has 3 heteroatoms. The summed E-state index contributed by atoms with van der Waals surface area (Å²) in [5.41, 5.74) is -0.00269. The molecule has 2 unspecified atom stereocenters. The van der Waals surface area contributed by atoms with E-state index in [1.807, 2.05) is 11.3 Å². The number of ether oxygens (including phenoxy) is 1. The minimum atomic E-state index is -0.00269. The molecule has 0 N–H and O–H groups in total. The molecular weight excluding hydrogens is 260 g/mol. The maximum absolute atomic E-state index is 5.83. The molecule has 1 aromatic heterocycles. The van der Waals surface area contributed by atoms with Crippen LogP contribution in [0.3, 0.4) is 0 Å². The summed E-state index contributed by atoms with van der Waals surface area (Å²) in [6.07, 6.45) is 2.34. The molecule has 1 saturated heterocycles. The van der Waals surface area contributed by atoms with Gasteiger partial charge in [-0.25, -0.2) is 0 Å². The summed E-state index contributed by atoms with van der Waals surface area (Å²) in [4.78, 5) is 3.09. The molecule has 0 spiro atoms. The van der Waals surface area contributed by atoms with Crippen molar-refractivity contribution in [3.63, 3.8) is 0 Å². The number of thiophene rings is 1. The van der Waals surface area contributed by atoms with E-state index in [1.165, 1.54) is 16.2 Å². The first-order valence-electron chi connectivity index (χ1n) is 4.96. The summed E-state index contributed by atoms with van der Waals surface area (Å²) in [5.74, 6) is 0. The zero-order valence-electron chi connectivity index (χ0n) is 8.55. The lowest BCUT2D eigenvalue weighted by Gasteiger charge is -2.28. The van der Waals surface area contributed by atoms with Crippen LogP contribution in [0.5, 0.6) is 0 Å². The molecule has 1 aliphatic rings. The van der Waals surface area contributed by atoms with Crippen LogP contribution in [0.2, 0.25) is 0 Å². The van der Waals surface area contributed by atoms with Gasteiger partial charge in [0.1, 0.15) is 0 Å². The zero-order valence-corrected chi connectivity index (χ0v) is 11.0. The van der Waals surface area contributed by atoms with Crippen LogP contribution in [0.25, 0.3) is 0 Å². The normalized spacial score (nSPS) is 29.4. The van der Waals surface area contributed by atoms with Crippen molar-refractivity contribution >= 4 is 27.3 Å². The van der Waals surface area contributed by atoms with Crippen LogP contribution in [0, 0.1) is 6.92 Å². The van der Waals surface area contributed by atoms with Gasteiger partial charge in [-0.15, -0.1) is 11.3 Å². The van der Waals surface area contributed by atoms with E-state index in [4.69, 9.17) is 4.74 Å². The van der Waals surface area contributed by atoms with E-state index in [0.29, 0.717) is 4.83 Å². The van der Waals surface area contributed by atoms with E-state index in [1.54, 1.807) is 0 Å². The summed E-state index contributed by atoms with van der Waals surface area (Å²) in [6, 6.07) is 4.37. The molecule has 0 radical (unpaired) electrons. The van der Waals surface area contributed by atoms with Gasteiger partial charge < -0.3 is 4.74 Å². The highest BCUT2D eigenvalue weighted by Gasteiger charge is 2.38. The minimum absolute atomic E-state index is 0.00269. The average molecular weight is 275 g/mol. The van der Waals surface area contributed by atoms with E-state index < -0.39 is 0 Å². The van der Waals surface area contributed by atoms with E-state index in [2.05, 4.69) is 41.9 Å². The number of aryl methyl sites for hydroxylation is 1. The molecule has 2 heterocycles. The van der Waals surface area contributed by atoms with Crippen molar-refractivity contribution in [3.05, 3.63) is 21.9 Å². The predicted octanol–water partition coefficient (Wildman–Crippen LogP) is 4.06. The molecule has 0 saturated carbocycles. The first-order chi connectivity index (χ1) is 6.62. The van der Waals surface area contributed by atoms with E-state index in [0.717, 1.165) is 13.0 Å². The summed E-state index contributed by atoms with van der Waals surface area (Å²) in [6.45, 7) is 5.25. The predicted molar refractivity (Wildman–Crippen MR) is 64.3 cm³/mol. The fraction of sp³-hybridized carbons (Fsp3) is 0.636. The van der Waals surface area contributed by atoms with Crippen LogP contribution in [-0.2, 0) is 4.74 Å². The summed E-state index contributed by atoms with van der Waals surface area (Å²) >= 11 is 5.62. The highest BCUT2D eigenvalue weighted by Crippen LogP contribution is 2.44. The summed E-state index contributed by atoms with van der Waals surface area (Å²) < 4.78 is 5.83.